The molecule has 0 saturated heterocycles. The van der Waals surface area contributed by atoms with E-state index in [4.69, 9.17) is 0 Å². The molecule has 0 radical (unpaired) electrons. The van der Waals surface area contributed by atoms with Crippen molar-refractivity contribution >= 4 is 5.91 Å². The molecule has 0 aromatic carbocycles. The summed E-state index contributed by atoms with van der Waals surface area (Å²) in [7, 11) is 0. The third kappa shape index (κ3) is 10.6. The number of hydrogen-bond donors (Lipinski definition) is 0. The molecule has 0 spiro atoms. The van der Waals surface area contributed by atoms with Gasteiger partial charge in [-0.2, -0.15) is 0 Å². The molecule has 2 heteroatoms. The maximum absolute atomic E-state index is 12.5. The van der Waals surface area contributed by atoms with Gasteiger partial charge in [-0.1, -0.05) is 72.3 Å². The van der Waals surface area contributed by atoms with Crippen LogP contribution in [-0.4, -0.2) is 23.9 Å². The van der Waals surface area contributed by atoms with E-state index < -0.39 is 0 Å². The number of rotatable bonds is 14. The van der Waals surface area contributed by atoms with Crippen molar-refractivity contribution in [3.8, 4) is 0 Å². The Bertz CT molecular complexity index is 261. The lowest BCUT2D eigenvalue weighted by Crippen LogP contribution is -2.34. The average molecular weight is 296 g/mol. The zero-order chi connectivity index (χ0) is 15.9. The Hall–Kier alpha value is -0.790. The minimum atomic E-state index is 0.205. The Morgan fingerprint density at radius 2 is 1.24 bits per heavy atom. The van der Waals surface area contributed by atoms with Crippen molar-refractivity contribution in [2.75, 3.05) is 13.1 Å². The summed E-state index contributed by atoms with van der Waals surface area (Å²) in [6, 6.07) is 0. The summed E-state index contributed by atoms with van der Waals surface area (Å²) in [6.07, 6.45) is 12.8. The van der Waals surface area contributed by atoms with Crippen molar-refractivity contribution in [3.63, 3.8) is 0 Å². The number of nitrogens with zero attached hydrogens (tertiary/aromatic N) is 1. The second-order valence-electron chi connectivity index (χ2n) is 6.12. The van der Waals surface area contributed by atoms with E-state index in [0.29, 0.717) is 0 Å². The van der Waals surface area contributed by atoms with Crippen molar-refractivity contribution in [3.05, 3.63) is 12.2 Å². The monoisotopic (exact) mass is 295 g/mol. The molecule has 1 amide bonds. The van der Waals surface area contributed by atoms with Gasteiger partial charge in [-0.25, -0.2) is 0 Å². The van der Waals surface area contributed by atoms with E-state index in [2.05, 4.69) is 32.3 Å². The number of unbranched alkanes of at least 4 members (excludes halogenated alkanes) is 7. The van der Waals surface area contributed by atoms with Crippen molar-refractivity contribution in [2.24, 2.45) is 0 Å². The van der Waals surface area contributed by atoms with Gasteiger partial charge in [-0.3, -0.25) is 4.79 Å². The highest BCUT2D eigenvalue weighted by Gasteiger charge is 2.15. The zero-order valence-electron chi connectivity index (χ0n) is 14.8. The van der Waals surface area contributed by atoms with Crippen LogP contribution < -0.4 is 0 Å². The highest BCUT2D eigenvalue weighted by atomic mass is 16.2. The van der Waals surface area contributed by atoms with E-state index in [9.17, 15) is 4.79 Å². The van der Waals surface area contributed by atoms with Crippen LogP contribution in [0.25, 0.3) is 0 Å². The Labute approximate surface area is 133 Å². The quantitative estimate of drug-likeness (QED) is 0.296. The molecule has 124 valence electrons. The van der Waals surface area contributed by atoms with E-state index in [0.717, 1.165) is 50.8 Å². The fraction of sp³-hybridized carbons (Fsp3) is 0.842. The number of amides is 1. The predicted octanol–water partition coefficient (Wildman–Crippen LogP) is 5.72. The standard InChI is InChI=1S/C19H37NO/c1-5-8-11-13-16-20(17-14-12-9-6-2)19(21)18(4)15-10-7-3/h4-17H2,1-3H3. The third-order valence-corrected chi connectivity index (χ3v) is 3.98. The fourth-order valence-electron chi connectivity index (χ4n) is 2.49. The van der Waals surface area contributed by atoms with Gasteiger partial charge in [0, 0.05) is 18.7 Å². The van der Waals surface area contributed by atoms with Crippen molar-refractivity contribution in [2.45, 2.75) is 91.4 Å². The van der Waals surface area contributed by atoms with Crippen molar-refractivity contribution < 1.29 is 4.79 Å². The van der Waals surface area contributed by atoms with Crippen LogP contribution in [-0.2, 0) is 4.79 Å². The number of carbonyl (C=O) groups excluding carboxylic acids is 1. The lowest BCUT2D eigenvalue weighted by atomic mass is 10.1. The summed E-state index contributed by atoms with van der Waals surface area (Å²) < 4.78 is 0. The minimum Gasteiger partial charge on any atom is -0.339 e. The van der Waals surface area contributed by atoms with Gasteiger partial charge in [0.25, 0.3) is 0 Å². The molecular formula is C19H37NO. The minimum absolute atomic E-state index is 0.205. The van der Waals surface area contributed by atoms with Gasteiger partial charge >= 0.3 is 0 Å². The highest BCUT2D eigenvalue weighted by Crippen LogP contribution is 2.12. The van der Waals surface area contributed by atoms with Gasteiger partial charge in [-0.15, -0.1) is 0 Å². The van der Waals surface area contributed by atoms with Gasteiger partial charge < -0.3 is 4.90 Å². The normalized spacial score (nSPS) is 10.6. The maximum atomic E-state index is 12.5. The van der Waals surface area contributed by atoms with Crippen LogP contribution in [0.1, 0.15) is 91.4 Å². The van der Waals surface area contributed by atoms with Crippen molar-refractivity contribution in [1.82, 2.24) is 4.90 Å². The van der Waals surface area contributed by atoms with Gasteiger partial charge in [-0.05, 0) is 25.7 Å². The van der Waals surface area contributed by atoms with Gasteiger partial charge in [0.15, 0.2) is 0 Å². The Kier molecular flexibility index (Phi) is 13.6. The van der Waals surface area contributed by atoms with Crippen LogP contribution in [0.3, 0.4) is 0 Å². The predicted molar refractivity (Wildman–Crippen MR) is 93.5 cm³/mol. The SMILES string of the molecule is C=C(CCCC)C(=O)N(CCCCCC)CCCCCC. The molecule has 0 aromatic heterocycles. The highest BCUT2D eigenvalue weighted by molar-refractivity contribution is 5.92. The van der Waals surface area contributed by atoms with Crippen LogP contribution in [0.2, 0.25) is 0 Å². The molecule has 0 bridgehead atoms. The largest absolute Gasteiger partial charge is 0.339 e. The summed E-state index contributed by atoms with van der Waals surface area (Å²) in [6.45, 7) is 12.4. The Morgan fingerprint density at radius 3 is 1.67 bits per heavy atom. The first-order valence-electron chi connectivity index (χ1n) is 9.14. The molecule has 2 nitrogen and oxygen atoms in total. The van der Waals surface area contributed by atoms with Gasteiger partial charge in [0.2, 0.25) is 5.91 Å². The number of hydrogen-bond acceptors (Lipinski definition) is 1. The summed E-state index contributed by atoms with van der Waals surface area (Å²) in [5, 5.41) is 0. The smallest absolute Gasteiger partial charge is 0.249 e. The van der Waals surface area contributed by atoms with E-state index >= 15 is 0 Å². The van der Waals surface area contributed by atoms with Crippen LogP contribution in [0, 0.1) is 0 Å². The summed E-state index contributed by atoms with van der Waals surface area (Å²) in [5.74, 6) is 0.205. The molecule has 0 unspecified atom stereocenters. The van der Waals surface area contributed by atoms with Gasteiger partial charge in [0.05, 0.1) is 0 Å². The molecule has 0 aliphatic carbocycles. The summed E-state index contributed by atoms with van der Waals surface area (Å²) in [5.41, 5.74) is 0.808. The summed E-state index contributed by atoms with van der Waals surface area (Å²) in [4.78, 5) is 14.6. The molecule has 0 aliphatic rings. The first kappa shape index (κ1) is 20.2. The first-order valence-corrected chi connectivity index (χ1v) is 9.14. The van der Waals surface area contributed by atoms with E-state index in [1.165, 1.54) is 38.5 Å². The molecule has 0 aliphatic heterocycles. The second-order valence-corrected chi connectivity index (χ2v) is 6.12. The second kappa shape index (κ2) is 14.2. The summed E-state index contributed by atoms with van der Waals surface area (Å²) >= 11 is 0. The third-order valence-electron chi connectivity index (χ3n) is 3.98. The Morgan fingerprint density at radius 1 is 0.762 bits per heavy atom. The lowest BCUT2D eigenvalue weighted by Gasteiger charge is -2.24. The molecule has 0 fully saturated rings. The molecular weight excluding hydrogens is 258 g/mol. The Balaban J connectivity index is 4.25. The molecule has 0 saturated carbocycles. The molecule has 0 heterocycles. The number of carbonyl (C=O) groups is 1. The molecule has 0 N–H and O–H groups in total. The lowest BCUT2D eigenvalue weighted by molar-refractivity contribution is -0.127. The first-order chi connectivity index (χ1) is 10.2. The fourth-order valence-corrected chi connectivity index (χ4v) is 2.49. The van der Waals surface area contributed by atoms with Crippen LogP contribution in [0.5, 0.6) is 0 Å². The van der Waals surface area contributed by atoms with E-state index in [-0.39, 0.29) is 5.91 Å². The maximum Gasteiger partial charge on any atom is 0.249 e. The van der Waals surface area contributed by atoms with Crippen LogP contribution >= 0.6 is 0 Å². The molecule has 0 rings (SSSR count). The molecule has 0 atom stereocenters. The van der Waals surface area contributed by atoms with Crippen molar-refractivity contribution in [1.29, 1.82) is 0 Å². The topological polar surface area (TPSA) is 20.3 Å². The average Bonchev–Trinajstić information content (AvgIpc) is 2.50. The molecule has 21 heavy (non-hydrogen) atoms. The zero-order valence-corrected chi connectivity index (χ0v) is 14.8. The van der Waals surface area contributed by atoms with Crippen LogP contribution in [0.4, 0.5) is 0 Å². The van der Waals surface area contributed by atoms with Gasteiger partial charge in [0.1, 0.15) is 0 Å². The molecule has 0 aromatic rings. The van der Waals surface area contributed by atoms with E-state index in [1.54, 1.807) is 0 Å². The van der Waals surface area contributed by atoms with Crippen LogP contribution in [0.15, 0.2) is 12.2 Å². The van der Waals surface area contributed by atoms with E-state index in [1.807, 2.05) is 0 Å².